The van der Waals surface area contributed by atoms with Crippen LogP contribution in [0.3, 0.4) is 0 Å². The zero-order valence-corrected chi connectivity index (χ0v) is 11.2. The van der Waals surface area contributed by atoms with E-state index in [1.807, 2.05) is 13.8 Å². The molecule has 0 aromatic carbocycles. The number of aliphatic hydroxyl groups excluding tert-OH is 1. The van der Waals surface area contributed by atoms with Gasteiger partial charge in [0.25, 0.3) is 0 Å². The van der Waals surface area contributed by atoms with E-state index in [0.717, 1.165) is 24.3 Å². The number of β-amino-alcohol motifs (C(OH)–C–C–N with tert-alkyl or cyclic N) is 1. The summed E-state index contributed by atoms with van der Waals surface area (Å²) in [5.41, 5.74) is 0.888. The summed E-state index contributed by atoms with van der Waals surface area (Å²) >= 11 is 6.06. The van der Waals surface area contributed by atoms with Gasteiger partial charge in [-0.15, -0.1) is 0 Å². The highest BCUT2D eigenvalue weighted by Crippen LogP contribution is 2.27. The first-order valence-corrected chi connectivity index (χ1v) is 6.30. The molecular formula is C12H18ClN3O. The lowest BCUT2D eigenvalue weighted by atomic mass is 9.96. The zero-order chi connectivity index (χ0) is 12.6. The van der Waals surface area contributed by atoms with Crippen LogP contribution in [0.4, 0.5) is 5.82 Å². The second-order valence-corrected chi connectivity index (χ2v) is 5.15. The van der Waals surface area contributed by atoms with Gasteiger partial charge in [-0.2, -0.15) is 0 Å². The Balaban J connectivity index is 2.28. The lowest BCUT2D eigenvalue weighted by Crippen LogP contribution is -2.43. The van der Waals surface area contributed by atoms with Crippen LogP contribution in [0.2, 0.25) is 5.15 Å². The molecule has 5 heteroatoms. The Morgan fingerprint density at radius 2 is 2.06 bits per heavy atom. The van der Waals surface area contributed by atoms with E-state index in [0.29, 0.717) is 23.4 Å². The number of halogens is 1. The molecule has 1 aromatic rings. The highest BCUT2D eigenvalue weighted by Gasteiger charge is 2.26. The van der Waals surface area contributed by atoms with E-state index in [1.165, 1.54) is 0 Å². The third kappa shape index (κ3) is 2.53. The van der Waals surface area contributed by atoms with E-state index in [-0.39, 0.29) is 6.10 Å². The van der Waals surface area contributed by atoms with Gasteiger partial charge in [0.05, 0.1) is 6.10 Å². The fraction of sp³-hybridized carbons (Fsp3) is 0.667. The quantitative estimate of drug-likeness (QED) is 0.780. The number of aliphatic hydroxyl groups is 1. The Labute approximate surface area is 107 Å². The number of nitrogens with zero attached hydrogens (tertiary/aromatic N) is 3. The van der Waals surface area contributed by atoms with Gasteiger partial charge in [-0.1, -0.05) is 18.5 Å². The molecule has 0 aliphatic carbocycles. The number of anilines is 1. The maximum atomic E-state index is 9.92. The highest BCUT2D eigenvalue weighted by molar-refractivity contribution is 6.30. The van der Waals surface area contributed by atoms with Gasteiger partial charge in [-0.25, -0.2) is 9.97 Å². The minimum absolute atomic E-state index is 0.294. The minimum Gasteiger partial charge on any atom is -0.391 e. The molecule has 94 valence electrons. The van der Waals surface area contributed by atoms with Crippen LogP contribution in [0.25, 0.3) is 0 Å². The van der Waals surface area contributed by atoms with E-state index in [1.54, 1.807) is 0 Å². The summed E-state index contributed by atoms with van der Waals surface area (Å²) in [6, 6.07) is 0. The number of aromatic nitrogens is 2. The molecule has 4 nitrogen and oxygen atoms in total. The van der Waals surface area contributed by atoms with Gasteiger partial charge in [0.2, 0.25) is 0 Å². The van der Waals surface area contributed by atoms with Crippen LogP contribution in [-0.4, -0.2) is 34.3 Å². The van der Waals surface area contributed by atoms with Crippen LogP contribution in [-0.2, 0) is 0 Å². The normalized spacial score (nSPS) is 25.1. The first-order chi connectivity index (χ1) is 7.99. The van der Waals surface area contributed by atoms with Crippen LogP contribution in [0.1, 0.15) is 24.7 Å². The Kier molecular flexibility index (Phi) is 3.54. The number of piperidine rings is 1. The average molecular weight is 256 g/mol. The van der Waals surface area contributed by atoms with E-state index in [2.05, 4.69) is 21.8 Å². The molecule has 0 amide bonds. The molecular weight excluding hydrogens is 238 g/mol. The monoisotopic (exact) mass is 255 g/mol. The van der Waals surface area contributed by atoms with E-state index >= 15 is 0 Å². The molecule has 1 aromatic heterocycles. The zero-order valence-electron chi connectivity index (χ0n) is 10.4. The van der Waals surface area contributed by atoms with E-state index in [4.69, 9.17) is 11.6 Å². The van der Waals surface area contributed by atoms with Crippen LogP contribution in [0, 0.1) is 19.8 Å². The van der Waals surface area contributed by atoms with Crippen molar-refractivity contribution >= 4 is 17.4 Å². The SMILES string of the molecule is Cc1nc(Cl)c(C)c(N2CCC(C)C(O)C2)n1. The molecule has 0 bridgehead atoms. The summed E-state index contributed by atoms with van der Waals surface area (Å²) < 4.78 is 0. The predicted molar refractivity (Wildman–Crippen MR) is 68.5 cm³/mol. The lowest BCUT2D eigenvalue weighted by molar-refractivity contribution is 0.102. The van der Waals surface area contributed by atoms with Gasteiger partial charge in [0, 0.05) is 18.7 Å². The second-order valence-electron chi connectivity index (χ2n) is 4.79. The Hall–Kier alpha value is -0.870. The van der Waals surface area contributed by atoms with Crippen molar-refractivity contribution in [1.29, 1.82) is 0 Å². The van der Waals surface area contributed by atoms with Gasteiger partial charge < -0.3 is 10.0 Å². The van der Waals surface area contributed by atoms with Crippen molar-refractivity contribution in [3.05, 3.63) is 16.5 Å². The van der Waals surface area contributed by atoms with Gasteiger partial charge >= 0.3 is 0 Å². The van der Waals surface area contributed by atoms with Crippen LogP contribution >= 0.6 is 11.6 Å². The van der Waals surface area contributed by atoms with Crippen molar-refractivity contribution in [2.75, 3.05) is 18.0 Å². The molecule has 0 saturated carbocycles. The molecule has 2 unspecified atom stereocenters. The molecule has 0 spiro atoms. The van der Waals surface area contributed by atoms with Crippen LogP contribution in [0.15, 0.2) is 0 Å². The van der Waals surface area contributed by atoms with Crippen molar-refractivity contribution in [1.82, 2.24) is 9.97 Å². The summed E-state index contributed by atoms with van der Waals surface area (Å²) in [7, 11) is 0. The van der Waals surface area contributed by atoms with Crippen molar-refractivity contribution in [2.45, 2.75) is 33.3 Å². The molecule has 1 fully saturated rings. The predicted octanol–water partition coefficient (Wildman–Crippen LogP) is 1.95. The molecule has 0 radical (unpaired) electrons. The molecule has 2 heterocycles. The van der Waals surface area contributed by atoms with Gasteiger partial charge in [-0.3, -0.25) is 0 Å². The fourth-order valence-electron chi connectivity index (χ4n) is 2.13. The van der Waals surface area contributed by atoms with Crippen molar-refractivity contribution < 1.29 is 5.11 Å². The maximum Gasteiger partial charge on any atom is 0.137 e. The van der Waals surface area contributed by atoms with Crippen molar-refractivity contribution in [3.8, 4) is 0 Å². The molecule has 17 heavy (non-hydrogen) atoms. The highest BCUT2D eigenvalue weighted by atomic mass is 35.5. The van der Waals surface area contributed by atoms with Crippen molar-refractivity contribution in [2.24, 2.45) is 5.92 Å². The minimum atomic E-state index is -0.294. The molecule has 2 rings (SSSR count). The number of hydrogen-bond donors (Lipinski definition) is 1. The van der Waals surface area contributed by atoms with Crippen LogP contribution < -0.4 is 4.90 Å². The topological polar surface area (TPSA) is 49.2 Å². The van der Waals surface area contributed by atoms with E-state index < -0.39 is 0 Å². The number of rotatable bonds is 1. The summed E-state index contributed by atoms with van der Waals surface area (Å²) in [6.07, 6.45) is 0.679. The van der Waals surface area contributed by atoms with Crippen LogP contribution in [0.5, 0.6) is 0 Å². The third-order valence-corrected chi connectivity index (χ3v) is 3.76. The first-order valence-electron chi connectivity index (χ1n) is 5.92. The third-order valence-electron chi connectivity index (χ3n) is 3.39. The Morgan fingerprint density at radius 1 is 1.35 bits per heavy atom. The summed E-state index contributed by atoms with van der Waals surface area (Å²) in [6.45, 7) is 7.35. The molecule has 1 saturated heterocycles. The summed E-state index contributed by atoms with van der Waals surface area (Å²) in [4.78, 5) is 10.7. The average Bonchev–Trinajstić information content (AvgIpc) is 2.27. The molecule has 1 aliphatic heterocycles. The van der Waals surface area contributed by atoms with Gasteiger partial charge in [-0.05, 0) is 26.2 Å². The fourth-order valence-corrected chi connectivity index (χ4v) is 2.34. The Morgan fingerprint density at radius 3 is 2.71 bits per heavy atom. The lowest BCUT2D eigenvalue weighted by Gasteiger charge is -2.35. The number of aryl methyl sites for hydroxylation is 1. The second kappa shape index (κ2) is 4.78. The molecule has 1 N–H and O–H groups in total. The molecule has 1 aliphatic rings. The largest absolute Gasteiger partial charge is 0.391 e. The van der Waals surface area contributed by atoms with Gasteiger partial charge in [0.1, 0.15) is 16.8 Å². The Bertz CT molecular complexity index is 424. The van der Waals surface area contributed by atoms with E-state index in [9.17, 15) is 5.11 Å². The van der Waals surface area contributed by atoms with Gasteiger partial charge in [0.15, 0.2) is 0 Å². The molecule has 2 atom stereocenters. The van der Waals surface area contributed by atoms with Crippen molar-refractivity contribution in [3.63, 3.8) is 0 Å². The maximum absolute atomic E-state index is 9.92. The summed E-state index contributed by atoms with van der Waals surface area (Å²) in [5.74, 6) is 1.88. The first kappa shape index (κ1) is 12.6. The smallest absolute Gasteiger partial charge is 0.137 e. The standard InChI is InChI=1S/C12H18ClN3O/c1-7-4-5-16(6-10(7)17)12-8(2)11(13)14-9(3)15-12/h7,10,17H,4-6H2,1-3H3. The summed E-state index contributed by atoms with van der Waals surface area (Å²) in [5, 5.41) is 10.4. The number of hydrogen-bond acceptors (Lipinski definition) is 4.